The number of nitrogens with zero attached hydrogens (tertiary/aromatic N) is 1. The Hall–Kier alpha value is -1.17. The number of halogens is 1. The predicted octanol–water partition coefficient (Wildman–Crippen LogP) is 1.64. The van der Waals surface area contributed by atoms with Gasteiger partial charge in [-0.2, -0.15) is 0 Å². The number of rotatable bonds is 3. The molecule has 0 saturated carbocycles. The number of nitro benzene ring substituents is 1. The van der Waals surface area contributed by atoms with E-state index < -0.39 is 4.92 Å². The second kappa shape index (κ2) is 4.18. The van der Waals surface area contributed by atoms with Crippen LogP contribution in [0.5, 0.6) is 0 Å². The second-order valence-electron chi connectivity index (χ2n) is 2.34. The van der Waals surface area contributed by atoms with Crippen molar-refractivity contribution in [3.63, 3.8) is 0 Å². The van der Waals surface area contributed by atoms with Crippen LogP contribution < -0.4 is 5.90 Å². The lowest BCUT2D eigenvalue weighted by atomic mass is 10.2. The van der Waals surface area contributed by atoms with E-state index >= 15 is 0 Å². The summed E-state index contributed by atoms with van der Waals surface area (Å²) in [5.74, 6) is 4.83. The summed E-state index contributed by atoms with van der Waals surface area (Å²) in [6, 6.07) is 4.11. The third kappa shape index (κ3) is 2.38. The van der Waals surface area contributed by atoms with Crippen LogP contribution >= 0.6 is 11.6 Å². The van der Waals surface area contributed by atoms with Crippen molar-refractivity contribution in [2.24, 2.45) is 5.90 Å². The first kappa shape index (κ1) is 9.91. The molecule has 0 heterocycles. The van der Waals surface area contributed by atoms with Crippen LogP contribution in [-0.2, 0) is 11.4 Å². The Morgan fingerprint density at radius 3 is 2.77 bits per heavy atom. The van der Waals surface area contributed by atoms with Crippen LogP contribution in [0, 0.1) is 10.1 Å². The summed E-state index contributed by atoms with van der Waals surface area (Å²) in [5.41, 5.74) is 0.570. The number of hydrogen-bond donors (Lipinski definition) is 1. The molecule has 0 aliphatic heterocycles. The molecule has 2 N–H and O–H groups in total. The van der Waals surface area contributed by atoms with E-state index in [-0.39, 0.29) is 17.3 Å². The van der Waals surface area contributed by atoms with Crippen LogP contribution in [0.1, 0.15) is 5.56 Å². The molecular weight excluding hydrogens is 196 g/mol. The Balaban J connectivity index is 2.98. The molecule has 70 valence electrons. The van der Waals surface area contributed by atoms with E-state index in [9.17, 15) is 10.1 Å². The summed E-state index contributed by atoms with van der Waals surface area (Å²) < 4.78 is 0. The normalized spacial score (nSPS) is 10.0. The Labute approximate surface area is 79.2 Å². The summed E-state index contributed by atoms with van der Waals surface area (Å²) in [7, 11) is 0. The zero-order chi connectivity index (χ0) is 9.84. The molecule has 0 unspecified atom stereocenters. The lowest BCUT2D eigenvalue weighted by molar-refractivity contribution is -0.384. The summed E-state index contributed by atoms with van der Waals surface area (Å²) in [5, 5.41) is 10.6. The van der Waals surface area contributed by atoms with Crippen LogP contribution in [0.15, 0.2) is 18.2 Å². The Morgan fingerprint density at radius 2 is 2.31 bits per heavy atom. The largest absolute Gasteiger partial charge is 0.300 e. The third-order valence-electron chi connectivity index (χ3n) is 1.49. The molecule has 0 aromatic heterocycles. The van der Waals surface area contributed by atoms with E-state index in [1.807, 2.05) is 0 Å². The van der Waals surface area contributed by atoms with Crippen LogP contribution in [0.4, 0.5) is 5.69 Å². The number of hydrogen-bond acceptors (Lipinski definition) is 4. The van der Waals surface area contributed by atoms with Crippen molar-refractivity contribution in [1.29, 1.82) is 0 Å². The molecule has 0 atom stereocenters. The Kier molecular flexibility index (Phi) is 3.18. The summed E-state index contributed by atoms with van der Waals surface area (Å²) in [6.07, 6.45) is 0. The van der Waals surface area contributed by atoms with E-state index in [1.54, 1.807) is 0 Å². The standard InChI is InChI=1S/C7H7ClN2O3/c8-7-3-6(10(11)12)2-1-5(7)4-13-9/h1-3H,4,9H2. The van der Waals surface area contributed by atoms with Gasteiger partial charge in [0.15, 0.2) is 0 Å². The monoisotopic (exact) mass is 202 g/mol. The highest BCUT2D eigenvalue weighted by Gasteiger charge is 2.08. The van der Waals surface area contributed by atoms with E-state index in [0.29, 0.717) is 5.56 Å². The lowest BCUT2D eigenvalue weighted by Crippen LogP contribution is -1.99. The minimum atomic E-state index is -0.515. The van der Waals surface area contributed by atoms with Crippen molar-refractivity contribution >= 4 is 17.3 Å². The second-order valence-corrected chi connectivity index (χ2v) is 2.75. The number of non-ortho nitro benzene ring substituents is 1. The molecule has 0 aliphatic rings. The average Bonchev–Trinajstić information content (AvgIpc) is 2.08. The summed E-state index contributed by atoms with van der Waals surface area (Å²) in [6.45, 7) is 0.136. The molecule has 1 aromatic rings. The van der Waals surface area contributed by atoms with Gasteiger partial charge in [0, 0.05) is 12.1 Å². The fourth-order valence-corrected chi connectivity index (χ4v) is 1.09. The maximum absolute atomic E-state index is 10.3. The maximum atomic E-state index is 10.3. The van der Waals surface area contributed by atoms with Gasteiger partial charge in [0.25, 0.3) is 5.69 Å². The first-order valence-electron chi connectivity index (χ1n) is 3.39. The molecule has 0 amide bonds. The third-order valence-corrected chi connectivity index (χ3v) is 1.84. The molecule has 0 spiro atoms. The molecule has 13 heavy (non-hydrogen) atoms. The van der Waals surface area contributed by atoms with E-state index in [2.05, 4.69) is 4.84 Å². The molecular formula is C7H7ClN2O3. The molecule has 0 fully saturated rings. The highest BCUT2D eigenvalue weighted by atomic mass is 35.5. The lowest BCUT2D eigenvalue weighted by Gasteiger charge is -2.00. The van der Waals surface area contributed by atoms with Gasteiger partial charge >= 0.3 is 0 Å². The summed E-state index contributed by atoms with van der Waals surface area (Å²) >= 11 is 5.71. The number of nitro groups is 1. The van der Waals surface area contributed by atoms with Gasteiger partial charge in [-0.15, -0.1) is 0 Å². The maximum Gasteiger partial charge on any atom is 0.270 e. The summed E-state index contributed by atoms with van der Waals surface area (Å²) in [4.78, 5) is 14.2. The minimum Gasteiger partial charge on any atom is -0.300 e. The molecule has 0 aliphatic carbocycles. The van der Waals surface area contributed by atoms with Crippen molar-refractivity contribution in [3.8, 4) is 0 Å². The van der Waals surface area contributed by atoms with Crippen LogP contribution in [-0.4, -0.2) is 4.92 Å². The van der Waals surface area contributed by atoms with Crippen molar-refractivity contribution < 1.29 is 9.76 Å². The van der Waals surface area contributed by atoms with Gasteiger partial charge in [-0.1, -0.05) is 11.6 Å². The molecule has 1 aromatic carbocycles. The topological polar surface area (TPSA) is 78.4 Å². The zero-order valence-electron chi connectivity index (χ0n) is 6.57. The van der Waals surface area contributed by atoms with E-state index in [4.69, 9.17) is 17.5 Å². The zero-order valence-corrected chi connectivity index (χ0v) is 7.32. The van der Waals surface area contributed by atoms with Crippen LogP contribution in [0.25, 0.3) is 0 Å². The van der Waals surface area contributed by atoms with E-state index in [1.165, 1.54) is 18.2 Å². The van der Waals surface area contributed by atoms with Gasteiger partial charge in [0.05, 0.1) is 16.6 Å². The number of benzene rings is 1. The fraction of sp³-hybridized carbons (Fsp3) is 0.143. The van der Waals surface area contributed by atoms with E-state index in [0.717, 1.165) is 0 Å². The van der Waals surface area contributed by atoms with Gasteiger partial charge < -0.3 is 0 Å². The van der Waals surface area contributed by atoms with Crippen LogP contribution in [0.3, 0.4) is 0 Å². The van der Waals surface area contributed by atoms with Crippen molar-refractivity contribution in [2.45, 2.75) is 6.61 Å². The SMILES string of the molecule is NOCc1ccc([N+](=O)[O-])cc1Cl. The average molecular weight is 203 g/mol. The van der Waals surface area contributed by atoms with Gasteiger partial charge in [0.2, 0.25) is 0 Å². The minimum absolute atomic E-state index is 0.0502. The Bertz CT molecular complexity index is 330. The first-order chi connectivity index (χ1) is 6.15. The van der Waals surface area contributed by atoms with Crippen LogP contribution in [0.2, 0.25) is 5.02 Å². The molecule has 0 radical (unpaired) electrons. The van der Waals surface area contributed by atoms with Gasteiger partial charge in [-0.3, -0.25) is 15.0 Å². The van der Waals surface area contributed by atoms with Crippen molar-refractivity contribution in [3.05, 3.63) is 38.9 Å². The Morgan fingerprint density at radius 1 is 1.62 bits per heavy atom. The predicted molar refractivity (Wildman–Crippen MR) is 47.1 cm³/mol. The smallest absolute Gasteiger partial charge is 0.270 e. The van der Waals surface area contributed by atoms with Gasteiger partial charge in [0.1, 0.15) is 0 Å². The number of nitrogens with two attached hydrogens (primary N) is 1. The quantitative estimate of drug-likeness (QED) is 0.597. The van der Waals surface area contributed by atoms with Gasteiger partial charge in [-0.25, -0.2) is 5.90 Å². The fourth-order valence-electron chi connectivity index (χ4n) is 0.857. The van der Waals surface area contributed by atoms with Gasteiger partial charge in [-0.05, 0) is 11.6 Å². The van der Waals surface area contributed by atoms with Crippen molar-refractivity contribution in [1.82, 2.24) is 0 Å². The molecule has 0 saturated heterocycles. The molecule has 0 bridgehead atoms. The highest BCUT2D eigenvalue weighted by molar-refractivity contribution is 6.31. The first-order valence-corrected chi connectivity index (χ1v) is 3.77. The molecule has 5 nitrogen and oxygen atoms in total. The van der Waals surface area contributed by atoms with Crippen molar-refractivity contribution in [2.75, 3.05) is 0 Å². The highest BCUT2D eigenvalue weighted by Crippen LogP contribution is 2.22. The molecule has 1 rings (SSSR count). The molecule has 6 heteroatoms.